The molecule has 1 aromatic heterocycles. The Kier molecular flexibility index (Phi) is 9.11. The number of nitrogens with two attached hydrogens (primary N) is 1. The minimum atomic E-state index is -0.840. The summed E-state index contributed by atoms with van der Waals surface area (Å²) >= 11 is 9.58. The van der Waals surface area contributed by atoms with Gasteiger partial charge in [-0.15, -0.1) is 0 Å². The van der Waals surface area contributed by atoms with Crippen molar-refractivity contribution in [1.82, 2.24) is 19.4 Å². The highest BCUT2D eigenvalue weighted by Crippen LogP contribution is 2.29. The highest BCUT2D eigenvalue weighted by atomic mass is 79.9. The zero-order valence-electron chi connectivity index (χ0n) is 25.2. The van der Waals surface area contributed by atoms with Gasteiger partial charge in [-0.3, -0.25) is 23.5 Å². The molecule has 0 bridgehead atoms. The fourth-order valence-electron chi connectivity index (χ4n) is 5.42. The maximum Gasteiger partial charge on any atom is 0.333 e. The lowest BCUT2D eigenvalue weighted by atomic mass is 10.1. The molecule has 1 aliphatic heterocycles. The Morgan fingerprint density at radius 3 is 2.45 bits per heavy atom. The van der Waals surface area contributed by atoms with E-state index in [1.54, 1.807) is 54.3 Å². The van der Waals surface area contributed by atoms with Crippen molar-refractivity contribution in [3.63, 3.8) is 0 Å². The summed E-state index contributed by atoms with van der Waals surface area (Å²) in [4.78, 5) is 54.1. The molecule has 14 heteroatoms. The summed E-state index contributed by atoms with van der Waals surface area (Å²) in [5, 5.41) is 3.19. The van der Waals surface area contributed by atoms with E-state index in [9.17, 15) is 19.2 Å². The van der Waals surface area contributed by atoms with Crippen molar-refractivity contribution in [2.24, 2.45) is 5.73 Å². The number of carbonyl (C=O) groups is 3. The molecule has 1 fully saturated rings. The van der Waals surface area contributed by atoms with Gasteiger partial charge in [-0.1, -0.05) is 17.7 Å². The third-order valence-corrected chi connectivity index (χ3v) is 9.17. The first-order chi connectivity index (χ1) is 22.5. The van der Waals surface area contributed by atoms with Crippen LogP contribution in [0.2, 0.25) is 5.02 Å². The molecule has 1 unspecified atom stereocenters. The number of ether oxygens (including phenoxy) is 2. The van der Waals surface area contributed by atoms with Crippen molar-refractivity contribution in [1.29, 1.82) is 0 Å². The Morgan fingerprint density at radius 2 is 1.79 bits per heavy atom. The lowest BCUT2D eigenvalue weighted by Gasteiger charge is -2.28. The van der Waals surface area contributed by atoms with Gasteiger partial charge in [-0.2, -0.15) is 0 Å². The summed E-state index contributed by atoms with van der Waals surface area (Å²) in [5.41, 5.74) is 5.94. The van der Waals surface area contributed by atoms with Gasteiger partial charge in [-0.05, 0) is 84.2 Å². The first-order valence-corrected chi connectivity index (χ1v) is 16.0. The largest absolute Gasteiger partial charge is 0.490 e. The van der Waals surface area contributed by atoms with Crippen molar-refractivity contribution < 1.29 is 28.2 Å². The van der Waals surface area contributed by atoms with Gasteiger partial charge >= 0.3 is 5.69 Å². The molecule has 2 aliphatic rings. The first-order valence-electron chi connectivity index (χ1n) is 14.9. The van der Waals surface area contributed by atoms with Crippen molar-refractivity contribution in [3.8, 4) is 17.2 Å². The van der Waals surface area contributed by atoms with E-state index in [-0.39, 0.29) is 48.7 Å². The number of primary amides is 1. The number of imidazole rings is 1. The Balaban J connectivity index is 1.34. The number of benzene rings is 3. The number of rotatable bonds is 10. The summed E-state index contributed by atoms with van der Waals surface area (Å²) in [6.07, 6.45) is 2.16. The molecule has 11 nitrogen and oxygen atoms in total. The van der Waals surface area contributed by atoms with Crippen LogP contribution in [0.3, 0.4) is 0 Å². The molecule has 3 N–H and O–H groups in total. The summed E-state index contributed by atoms with van der Waals surface area (Å²) < 4.78 is 29.6. The Labute approximate surface area is 282 Å². The smallest absolute Gasteiger partial charge is 0.333 e. The topological polar surface area (TPSA) is 138 Å². The van der Waals surface area contributed by atoms with E-state index in [1.165, 1.54) is 21.3 Å². The van der Waals surface area contributed by atoms with Crippen LogP contribution in [-0.4, -0.2) is 51.0 Å². The predicted octanol–water partition coefficient (Wildman–Crippen LogP) is 4.75. The number of hydrogen-bond acceptors (Lipinski definition) is 6. The van der Waals surface area contributed by atoms with Crippen LogP contribution in [0.15, 0.2) is 69.9 Å². The van der Waals surface area contributed by atoms with Crippen LogP contribution < -0.4 is 26.2 Å². The lowest BCUT2D eigenvalue weighted by Crippen LogP contribution is -2.41. The van der Waals surface area contributed by atoms with E-state index in [4.69, 9.17) is 26.8 Å². The van der Waals surface area contributed by atoms with E-state index < -0.39 is 36.0 Å². The second-order valence-corrected chi connectivity index (χ2v) is 12.6. The predicted molar refractivity (Wildman–Crippen MR) is 175 cm³/mol. The quantitative estimate of drug-likeness (QED) is 0.242. The van der Waals surface area contributed by atoms with Crippen molar-refractivity contribution in [3.05, 3.63) is 109 Å². The molecule has 1 aliphatic carbocycles. The molecule has 47 heavy (non-hydrogen) atoms. The van der Waals surface area contributed by atoms with E-state index in [0.717, 1.165) is 18.9 Å². The number of halogens is 3. The van der Waals surface area contributed by atoms with Crippen LogP contribution in [0, 0.1) is 5.82 Å². The molecule has 4 aromatic rings. The molecule has 6 rings (SSSR count). The SMILES string of the molecule is CC(NC(=O)c1c2n(c(=O)n1-c1ccc(OC3CC3)cc1)CCN(C(=O)c1ccc(Br)c(Cl)c1)C2)c1ccc(OCC(N)=O)cc1F. The maximum absolute atomic E-state index is 15.1. The standard InChI is InChI=1S/C33H30BrClFN5O6/c1-18(24-10-9-23(15-27(24)36)46-17-29(37)42)38-31(43)30-28-16-39(32(44)19-2-11-25(34)26(35)14-19)12-13-40(28)33(45)41(30)20-3-5-21(6-4-20)47-22-7-8-22/h2-6,9-11,14-15,18,22H,7-8,12-13,16-17H2,1H3,(H2,37,42)(H,38,43). The molecule has 1 saturated carbocycles. The first kappa shape index (κ1) is 32.3. The molecule has 0 radical (unpaired) electrons. The Hall–Kier alpha value is -4.62. The van der Waals surface area contributed by atoms with Gasteiger partial charge in [-0.25, -0.2) is 9.18 Å². The third-order valence-electron chi connectivity index (χ3n) is 7.94. The fourth-order valence-corrected chi connectivity index (χ4v) is 5.84. The average Bonchev–Trinajstić information content (AvgIpc) is 3.82. The van der Waals surface area contributed by atoms with E-state index in [2.05, 4.69) is 21.2 Å². The molecule has 3 amide bonds. The van der Waals surface area contributed by atoms with Crippen LogP contribution in [-0.2, 0) is 17.9 Å². The maximum atomic E-state index is 15.1. The fraction of sp³-hybridized carbons (Fsp3) is 0.273. The highest BCUT2D eigenvalue weighted by molar-refractivity contribution is 9.10. The zero-order chi connectivity index (χ0) is 33.4. The normalized spacial score (nSPS) is 14.7. The number of amides is 3. The second kappa shape index (κ2) is 13.2. The average molecular weight is 727 g/mol. The van der Waals surface area contributed by atoms with Crippen LogP contribution in [0.5, 0.6) is 11.5 Å². The van der Waals surface area contributed by atoms with Gasteiger partial charge in [0, 0.05) is 34.8 Å². The second-order valence-electron chi connectivity index (χ2n) is 11.4. The molecule has 0 saturated heterocycles. The summed E-state index contributed by atoms with van der Waals surface area (Å²) in [7, 11) is 0. The monoisotopic (exact) mass is 725 g/mol. The van der Waals surface area contributed by atoms with Crippen molar-refractivity contribution in [2.45, 2.75) is 45.0 Å². The van der Waals surface area contributed by atoms with Gasteiger partial charge in [0.05, 0.1) is 35.1 Å². The number of carbonyl (C=O) groups excluding carboxylic acids is 3. The van der Waals surface area contributed by atoms with Gasteiger partial charge in [0.1, 0.15) is 23.0 Å². The van der Waals surface area contributed by atoms with Gasteiger partial charge in [0.15, 0.2) is 6.61 Å². The molecule has 3 aromatic carbocycles. The molecular formula is C33H30BrClFN5O6. The lowest BCUT2D eigenvalue weighted by molar-refractivity contribution is -0.119. The van der Waals surface area contributed by atoms with Gasteiger partial charge in [0.25, 0.3) is 17.7 Å². The third kappa shape index (κ3) is 6.91. The highest BCUT2D eigenvalue weighted by Gasteiger charge is 2.33. The van der Waals surface area contributed by atoms with Crippen LogP contribution in [0.1, 0.15) is 57.9 Å². The number of fused-ring (bicyclic) bond motifs is 1. The number of aromatic nitrogens is 2. The summed E-state index contributed by atoms with van der Waals surface area (Å²) in [6.45, 7) is 1.53. The van der Waals surface area contributed by atoms with E-state index >= 15 is 4.39 Å². The minimum Gasteiger partial charge on any atom is -0.490 e. The number of hydrogen-bond donors (Lipinski definition) is 2. The molecule has 1 atom stereocenters. The van der Waals surface area contributed by atoms with Crippen molar-refractivity contribution in [2.75, 3.05) is 13.2 Å². The minimum absolute atomic E-state index is 0.0193. The van der Waals surface area contributed by atoms with Crippen molar-refractivity contribution >= 4 is 45.3 Å². The zero-order valence-corrected chi connectivity index (χ0v) is 27.5. The van der Waals surface area contributed by atoms with E-state index in [1.807, 2.05) is 0 Å². The van der Waals surface area contributed by atoms with Crippen LogP contribution in [0.4, 0.5) is 4.39 Å². The van der Waals surface area contributed by atoms with Crippen LogP contribution in [0.25, 0.3) is 5.69 Å². The van der Waals surface area contributed by atoms with Gasteiger partial charge < -0.3 is 25.4 Å². The van der Waals surface area contributed by atoms with E-state index in [0.29, 0.717) is 32.2 Å². The summed E-state index contributed by atoms with van der Waals surface area (Å²) in [5.74, 6) is -1.58. The molecular weight excluding hydrogens is 697 g/mol. The number of nitrogens with zero attached hydrogens (tertiary/aromatic N) is 3. The Morgan fingerprint density at radius 1 is 1.06 bits per heavy atom. The van der Waals surface area contributed by atoms with Crippen LogP contribution >= 0.6 is 27.5 Å². The number of nitrogens with one attached hydrogen (secondary N) is 1. The molecule has 244 valence electrons. The molecule has 2 heterocycles. The summed E-state index contributed by atoms with van der Waals surface area (Å²) in [6, 6.07) is 14.9. The molecule has 0 spiro atoms. The van der Waals surface area contributed by atoms with Gasteiger partial charge in [0.2, 0.25) is 0 Å². The Bertz CT molecular complexity index is 1940.